The van der Waals surface area contributed by atoms with Crippen LogP contribution < -0.4 is 0 Å². The molecule has 1 amide bonds. The average molecular weight is 170 g/mol. The van der Waals surface area contributed by atoms with Crippen molar-refractivity contribution >= 4 is 5.91 Å². The minimum atomic E-state index is 0.300. The highest BCUT2D eigenvalue weighted by Gasteiger charge is 2.20. The molecule has 0 aliphatic carbocycles. The van der Waals surface area contributed by atoms with Gasteiger partial charge >= 0.3 is 0 Å². The lowest BCUT2D eigenvalue weighted by atomic mass is 10.3. The Hall–Kier alpha value is -0.570. The van der Waals surface area contributed by atoms with E-state index in [9.17, 15) is 4.79 Å². The molecule has 0 aromatic heterocycles. The van der Waals surface area contributed by atoms with Crippen LogP contribution in [0.2, 0.25) is 0 Å². The summed E-state index contributed by atoms with van der Waals surface area (Å²) in [5, 5.41) is 0. The van der Waals surface area contributed by atoms with Gasteiger partial charge in [0, 0.05) is 32.1 Å². The molecule has 0 atom stereocenters. The van der Waals surface area contributed by atoms with Crippen LogP contribution in [-0.4, -0.2) is 48.4 Å². The number of hydrogen-bond acceptors (Lipinski definition) is 2. The smallest absolute Gasteiger partial charge is 0.224 e. The van der Waals surface area contributed by atoms with Crippen molar-refractivity contribution < 1.29 is 4.79 Å². The molecule has 70 valence electrons. The molecule has 0 unspecified atom stereocenters. The standard InChI is InChI=1S/C9H18N2O/c1-8(2)11-7-6-10(3)5-4-9(11)12/h8H,4-7H2,1-3H3. The number of carbonyl (C=O) groups excluding carboxylic acids is 1. The normalized spacial score (nSPS) is 21.7. The molecular weight excluding hydrogens is 152 g/mol. The fourth-order valence-corrected chi connectivity index (χ4v) is 1.49. The summed E-state index contributed by atoms with van der Waals surface area (Å²) in [7, 11) is 2.07. The summed E-state index contributed by atoms with van der Waals surface area (Å²) >= 11 is 0. The summed E-state index contributed by atoms with van der Waals surface area (Å²) in [4.78, 5) is 15.7. The van der Waals surface area contributed by atoms with Crippen molar-refractivity contribution in [1.82, 2.24) is 9.80 Å². The second kappa shape index (κ2) is 3.90. The molecule has 1 fully saturated rings. The highest BCUT2D eigenvalue weighted by Crippen LogP contribution is 2.06. The summed E-state index contributed by atoms with van der Waals surface area (Å²) in [6.07, 6.45) is 0.675. The topological polar surface area (TPSA) is 23.6 Å². The molecule has 12 heavy (non-hydrogen) atoms. The van der Waals surface area contributed by atoms with E-state index in [-0.39, 0.29) is 0 Å². The molecule has 0 bridgehead atoms. The minimum Gasteiger partial charge on any atom is -0.339 e. The quantitative estimate of drug-likeness (QED) is 0.574. The number of likely N-dealkylation sites (N-methyl/N-ethyl adjacent to an activating group) is 1. The lowest BCUT2D eigenvalue weighted by Gasteiger charge is -2.24. The fraction of sp³-hybridized carbons (Fsp3) is 0.889. The molecule has 0 saturated carbocycles. The van der Waals surface area contributed by atoms with Crippen molar-refractivity contribution in [3.63, 3.8) is 0 Å². The summed E-state index contributed by atoms with van der Waals surface area (Å²) in [5.74, 6) is 0.300. The van der Waals surface area contributed by atoms with Crippen molar-refractivity contribution in [1.29, 1.82) is 0 Å². The molecule has 3 nitrogen and oxygen atoms in total. The SMILES string of the molecule is CC(C)N1CCN(C)CCC1=O. The minimum absolute atomic E-state index is 0.300. The Morgan fingerprint density at radius 3 is 2.50 bits per heavy atom. The van der Waals surface area contributed by atoms with Crippen LogP contribution in [0.5, 0.6) is 0 Å². The Morgan fingerprint density at radius 2 is 1.92 bits per heavy atom. The largest absolute Gasteiger partial charge is 0.339 e. The molecular formula is C9H18N2O. The molecule has 3 heteroatoms. The van der Waals surface area contributed by atoms with Crippen molar-refractivity contribution in [2.75, 3.05) is 26.7 Å². The lowest BCUT2D eigenvalue weighted by molar-refractivity contribution is -0.131. The van der Waals surface area contributed by atoms with Gasteiger partial charge in [0.2, 0.25) is 5.91 Å². The third kappa shape index (κ3) is 2.21. The Kier molecular flexibility index (Phi) is 3.09. The van der Waals surface area contributed by atoms with Gasteiger partial charge in [-0.2, -0.15) is 0 Å². The fourth-order valence-electron chi connectivity index (χ4n) is 1.49. The van der Waals surface area contributed by atoms with Crippen molar-refractivity contribution in [3.8, 4) is 0 Å². The van der Waals surface area contributed by atoms with E-state index < -0.39 is 0 Å². The highest BCUT2D eigenvalue weighted by molar-refractivity contribution is 5.76. The van der Waals surface area contributed by atoms with Gasteiger partial charge in [0.25, 0.3) is 0 Å². The van der Waals surface area contributed by atoms with Gasteiger partial charge in [-0.05, 0) is 20.9 Å². The van der Waals surface area contributed by atoms with Crippen LogP contribution >= 0.6 is 0 Å². The van der Waals surface area contributed by atoms with Crippen LogP contribution in [0.1, 0.15) is 20.3 Å². The van der Waals surface area contributed by atoms with Gasteiger partial charge < -0.3 is 9.80 Å². The zero-order chi connectivity index (χ0) is 9.14. The summed E-state index contributed by atoms with van der Waals surface area (Å²) < 4.78 is 0. The van der Waals surface area contributed by atoms with Gasteiger partial charge in [0.15, 0.2) is 0 Å². The molecule has 0 radical (unpaired) electrons. The highest BCUT2D eigenvalue weighted by atomic mass is 16.2. The van der Waals surface area contributed by atoms with Gasteiger partial charge in [0.05, 0.1) is 0 Å². The first kappa shape index (κ1) is 9.52. The van der Waals surface area contributed by atoms with E-state index >= 15 is 0 Å². The number of carbonyl (C=O) groups is 1. The molecule has 0 aromatic rings. The zero-order valence-electron chi connectivity index (χ0n) is 8.21. The molecule has 1 heterocycles. The Bertz CT molecular complexity index is 168. The maximum absolute atomic E-state index is 11.5. The number of nitrogens with zero attached hydrogens (tertiary/aromatic N) is 2. The molecule has 0 aromatic carbocycles. The van der Waals surface area contributed by atoms with E-state index in [0.29, 0.717) is 18.4 Å². The van der Waals surface area contributed by atoms with Gasteiger partial charge in [0.1, 0.15) is 0 Å². The monoisotopic (exact) mass is 170 g/mol. The van der Waals surface area contributed by atoms with E-state index in [2.05, 4.69) is 25.8 Å². The third-order valence-electron chi connectivity index (χ3n) is 2.37. The van der Waals surface area contributed by atoms with Crippen LogP contribution in [0.15, 0.2) is 0 Å². The summed E-state index contributed by atoms with van der Waals surface area (Å²) in [6, 6.07) is 0.351. The Labute approximate surface area is 74.3 Å². The van der Waals surface area contributed by atoms with Crippen LogP contribution in [0.25, 0.3) is 0 Å². The molecule has 1 saturated heterocycles. The van der Waals surface area contributed by atoms with Crippen molar-refractivity contribution in [2.45, 2.75) is 26.3 Å². The maximum Gasteiger partial charge on any atom is 0.224 e. The second-order valence-corrected chi connectivity index (χ2v) is 3.73. The third-order valence-corrected chi connectivity index (χ3v) is 2.37. The average Bonchev–Trinajstić information content (AvgIpc) is 2.14. The lowest BCUT2D eigenvalue weighted by Crippen LogP contribution is -2.38. The molecule has 1 aliphatic heterocycles. The Balaban J connectivity index is 2.56. The van der Waals surface area contributed by atoms with Gasteiger partial charge in [-0.1, -0.05) is 0 Å². The van der Waals surface area contributed by atoms with E-state index in [1.807, 2.05) is 4.90 Å². The maximum atomic E-state index is 11.5. The van der Waals surface area contributed by atoms with Crippen LogP contribution in [-0.2, 0) is 4.79 Å². The predicted octanol–water partition coefficient (Wildman–Crippen LogP) is 0.559. The van der Waals surface area contributed by atoms with Crippen LogP contribution in [0.3, 0.4) is 0 Å². The van der Waals surface area contributed by atoms with Gasteiger partial charge in [-0.3, -0.25) is 4.79 Å². The van der Waals surface area contributed by atoms with Gasteiger partial charge in [-0.25, -0.2) is 0 Å². The van der Waals surface area contributed by atoms with Gasteiger partial charge in [-0.15, -0.1) is 0 Å². The second-order valence-electron chi connectivity index (χ2n) is 3.73. The van der Waals surface area contributed by atoms with Crippen LogP contribution in [0, 0.1) is 0 Å². The summed E-state index contributed by atoms with van der Waals surface area (Å²) in [6.45, 7) is 6.94. The first-order valence-corrected chi connectivity index (χ1v) is 4.59. The van der Waals surface area contributed by atoms with Crippen LogP contribution in [0.4, 0.5) is 0 Å². The summed E-state index contributed by atoms with van der Waals surface area (Å²) in [5.41, 5.74) is 0. The zero-order valence-corrected chi connectivity index (χ0v) is 8.21. The number of hydrogen-bond donors (Lipinski definition) is 0. The number of rotatable bonds is 1. The van der Waals surface area contributed by atoms with Crippen molar-refractivity contribution in [2.24, 2.45) is 0 Å². The molecule has 0 spiro atoms. The van der Waals surface area contributed by atoms with E-state index in [1.165, 1.54) is 0 Å². The molecule has 1 aliphatic rings. The van der Waals surface area contributed by atoms with E-state index in [4.69, 9.17) is 0 Å². The van der Waals surface area contributed by atoms with E-state index in [1.54, 1.807) is 0 Å². The van der Waals surface area contributed by atoms with Crippen molar-refractivity contribution in [3.05, 3.63) is 0 Å². The number of amides is 1. The molecule has 1 rings (SSSR count). The van der Waals surface area contributed by atoms with E-state index in [0.717, 1.165) is 19.6 Å². The first-order chi connectivity index (χ1) is 5.61. The molecule has 0 N–H and O–H groups in total. The first-order valence-electron chi connectivity index (χ1n) is 4.59. The predicted molar refractivity (Wildman–Crippen MR) is 49.0 cm³/mol. The Morgan fingerprint density at radius 1 is 1.25 bits per heavy atom.